The molecule has 1 aliphatic heterocycles. The second kappa shape index (κ2) is 8.20. The monoisotopic (exact) mass is 455 g/mol. The molecule has 3 rings (SSSR count). The fourth-order valence-corrected chi connectivity index (χ4v) is 3.63. The molecule has 9 nitrogen and oxygen atoms in total. The fraction of sp³-hybridized carbons (Fsp3) is 0.500. The van der Waals surface area contributed by atoms with Gasteiger partial charge in [-0.2, -0.15) is 5.10 Å². The summed E-state index contributed by atoms with van der Waals surface area (Å²) in [5.41, 5.74) is -0.420. The van der Waals surface area contributed by atoms with E-state index >= 15 is 0 Å². The SMILES string of the molecule is COc1ccc(C2(C)NC(=O)N(CC(=O)Nc3cc(C(C)(C)C)nn3C(C)(C)C)C2=O)cc1. The van der Waals surface area contributed by atoms with Crippen LogP contribution in [-0.2, 0) is 26.1 Å². The molecule has 1 aromatic heterocycles. The molecular weight excluding hydrogens is 422 g/mol. The average molecular weight is 456 g/mol. The first-order valence-electron chi connectivity index (χ1n) is 10.9. The van der Waals surface area contributed by atoms with E-state index in [2.05, 4.69) is 15.7 Å². The van der Waals surface area contributed by atoms with Crippen LogP contribution in [0.4, 0.5) is 10.6 Å². The van der Waals surface area contributed by atoms with Crippen molar-refractivity contribution in [2.75, 3.05) is 19.0 Å². The highest BCUT2D eigenvalue weighted by Gasteiger charge is 2.49. The predicted molar refractivity (Wildman–Crippen MR) is 125 cm³/mol. The molecule has 1 atom stereocenters. The summed E-state index contributed by atoms with van der Waals surface area (Å²) in [7, 11) is 1.55. The normalized spacial score (nSPS) is 19.0. The van der Waals surface area contributed by atoms with Gasteiger partial charge in [-0.3, -0.25) is 14.5 Å². The molecule has 0 bridgehead atoms. The zero-order valence-electron chi connectivity index (χ0n) is 20.6. The van der Waals surface area contributed by atoms with Crippen molar-refractivity contribution in [2.45, 2.75) is 65.0 Å². The van der Waals surface area contributed by atoms with Crippen molar-refractivity contribution < 1.29 is 19.1 Å². The number of amides is 4. The quantitative estimate of drug-likeness (QED) is 0.673. The molecule has 0 saturated carbocycles. The van der Waals surface area contributed by atoms with E-state index < -0.39 is 29.9 Å². The molecule has 2 N–H and O–H groups in total. The third kappa shape index (κ3) is 4.72. The van der Waals surface area contributed by atoms with E-state index in [1.807, 2.05) is 47.6 Å². The Morgan fingerprint density at radius 2 is 1.73 bits per heavy atom. The lowest BCUT2D eigenvalue weighted by molar-refractivity contribution is -0.133. The number of urea groups is 1. The first-order chi connectivity index (χ1) is 15.2. The predicted octanol–water partition coefficient (Wildman–Crippen LogP) is 3.35. The molecule has 4 amide bonds. The van der Waals surface area contributed by atoms with Crippen LogP contribution in [0.5, 0.6) is 5.75 Å². The number of hydrogen-bond donors (Lipinski definition) is 2. The van der Waals surface area contributed by atoms with E-state index in [4.69, 9.17) is 4.74 Å². The van der Waals surface area contributed by atoms with Crippen molar-refractivity contribution in [3.05, 3.63) is 41.6 Å². The summed E-state index contributed by atoms with van der Waals surface area (Å²) in [4.78, 5) is 39.6. The van der Waals surface area contributed by atoms with Crippen molar-refractivity contribution in [1.82, 2.24) is 20.0 Å². The maximum Gasteiger partial charge on any atom is 0.325 e. The zero-order valence-corrected chi connectivity index (χ0v) is 20.6. The molecule has 178 valence electrons. The number of benzene rings is 1. The lowest BCUT2D eigenvalue weighted by atomic mass is 9.92. The maximum absolute atomic E-state index is 13.2. The summed E-state index contributed by atoms with van der Waals surface area (Å²) in [5, 5.41) is 10.2. The van der Waals surface area contributed by atoms with E-state index in [0.717, 1.165) is 10.6 Å². The second-order valence-corrected chi connectivity index (χ2v) is 10.5. The summed E-state index contributed by atoms with van der Waals surface area (Å²) >= 11 is 0. The first kappa shape index (κ1) is 24.3. The van der Waals surface area contributed by atoms with Gasteiger partial charge in [-0.1, -0.05) is 32.9 Å². The number of aromatic nitrogens is 2. The number of nitrogens with zero attached hydrogens (tertiary/aromatic N) is 3. The minimum Gasteiger partial charge on any atom is -0.497 e. The smallest absolute Gasteiger partial charge is 0.325 e. The number of methoxy groups -OCH3 is 1. The summed E-state index contributed by atoms with van der Waals surface area (Å²) in [6.45, 7) is 13.3. The number of carbonyl (C=O) groups is 3. The number of nitrogens with one attached hydrogen (secondary N) is 2. The standard InChI is InChI=1S/C24H33N5O4/c1-22(2,3)17-13-18(29(27-17)23(4,5)6)25-19(30)14-28-20(31)24(7,26-21(28)32)15-9-11-16(33-8)12-10-15/h9-13H,14H2,1-8H3,(H,25,30)(H,26,32). The summed E-state index contributed by atoms with van der Waals surface area (Å²) < 4.78 is 6.91. The summed E-state index contributed by atoms with van der Waals surface area (Å²) in [6.07, 6.45) is 0. The molecule has 2 aromatic rings. The summed E-state index contributed by atoms with van der Waals surface area (Å²) in [5.74, 6) is 0.179. The maximum atomic E-state index is 13.2. The van der Waals surface area contributed by atoms with Crippen LogP contribution in [0.3, 0.4) is 0 Å². The van der Waals surface area contributed by atoms with Crippen LogP contribution in [0.2, 0.25) is 0 Å². The minimum absolute atomic E-state index is 0.207. The molecule has 1 unspecified atom stereocenters. The Balaban J connectivity index is 1.80. The van der Waals surface area contributed by atoms with Crippen LogP contribution < -0.4 is 15.4 Å². The number of imide groups is 1. The molecule has 1 aliphatic rings. The molecule has 1 saturated heterocycles. The van der Waals surface area contributed by atoms with E-state index in [1.54, 1.807) is 43.0 Å². The molecule has 1 aromatic carbocycles. The van der Waals surface area contributed by atoms with Gasteiger partial charge in [0.1, 0.15) is 23.7 Å². The Morgan fingerprint density at radius 1 is 1.12 bits per heavy atom. The Morgan fingerprint density at radius 3 is 2.24 bits per heavy atom. The third-order valence-electron chi connectivity index (χ3n) is 5.62. The van der Waals surface area contributed by atoms with Gasteiger partial charge in [-0.25, -0.2) is 9.48 Å². The van der Waals surface area contributed by atoms with E-state index in [-0.39, 0.29) is 11.0 Å². The van der Waals surface area contributed by atoms with Crippen LogP contribution in [0.25, 0.3) is 0 Å². The average Bonchev–Trinajstić information content (AvgIpc) is 3.24. The highest BCUT2D eigenvalue weighted by atomic mass is 16.5. The van der Waals surface area contributed by atoms with Crippen molar-refractivity contribution in [3.63, 3.8) is 0 Å². The fourth-order valence-electron chi connectivity index (χ4n) is 3.63. The zero-order chi connectivity index (χ0) is 24.8. The molecule has 2 heterocycles. The second-order valence-electron chi connectivity index (χ2n) is 10.5. The van der Waals surface area contributed by atoms with Gasteiger partial charge in [-0.05, 0) is 45.4 Å². The van der Waals surface area contributed by atoms with Gasteiger partial charge >= 0.3 is 6.03 Å². The van der Waals surface area contributed by atoms with Gasteiger partial charge in [0.25, 0.3) is 5.91 Å². The molecular formula is C24H33N5O4. The third-order valence-corrected chi connectivity index (χ3v) is 5.62. The van der Waals surface area contributed by atoms with Gasteiger partial charge < -0.3 is 15.4 Å². The van der Waals surface area contributed by atoms with Crippen molar-refractivity contribution >= 4 is 23.7 Å². The molecule has 9 heteroatoms. The van der Waals surface area contributed by atoms with E-state index in [0.29, 0.717) is 17.1 Å². The van der Waals surface area contributed by atoms with E-state index in [9.17, 15) is 14.4 Å². The van der Waals surface area contributed by atoms with Crippen molar-refractivity contribution in [1.29, 1.82) is 0 Å². The number of rotatable bonds is 5. The lowest BCUT2D eigenvalue weighted by Gasteiger charge is -2.23. The van der Waals surface area contributed by atoms with Crippen LogP contribution in [-0.4, -0.2) is 46.2 Å². The van der Waals surface area contributed by atoms with Gasteiger partial charge in [0.05, 0.1) is 18.3 Å². The van der Waals surface area contributed by atoms with Gasteiger partial charge in [0, 0.05) is 11.5 Å². The molecule has 0 aliphatic carbocycles. The number of carbonyl (C=O) groups excluding carboxylic acids is 3. The topological polar surface area (TPSA) is 106 Å². The Labute approximate surface area is 194 Å². The van der Waals surface area contributed by atoms with Crippen LogP contribution >= 0.6 is 0 Å². The van der Waals surface area contributed by atoms with Gasteiger partial charge in [0.15, 0.2) is 0 Å². The molecule has 0 spiro atoms. The highest BCUT2D eigenvalue weighted by Crippen LogP contribution is 2.31. The van der Waals surface area contributed by atoms with Crippen LogP contribution in [0.15, 0.2) is 30.3 Å². The lowest BCUT2D eigenvalue weighted by Crippen LogP contribution is -2.42. The molecule has 0 radical (unpaired) electrons. The van der Waals surface area contributed by atoms with Crippen LogP contribution in [0, 0.1) is 0 Å². The number of ether oxygens (including phenoxy) is 1. The first-order valence-corrected chi connectivity index (χ1v) is 10.9. The Kier molecular flexibility index (Phi) is 6.04. The largest absolute Gasteiger partial charge is 0.497 e. The highest BCUT2D eigenvalue weighted by molar-refractivity contribution is 6.10. The van der Waals surface area contributed by atoms with Gasteiger partial charge in [-0.15, -0.1) is 0 Å². The van der Waals surface area contributed by atoms with Crippen molar-refractivity contribution in [3.8, 4) is 5.75 Å². The Bertz CT molecular complexity index is 1080. The van der Waals surface area contributed by atoms with Crippen molar-refractivity contribution in [2.24, 2.45) is 0 Å². The van der Waals surface area contributed by atoms with E-state index in [1.165, 1.54) is 0 Å². The number of anilines is 1. The van der Waals surface area contributed by atoms with Crippen LogP contribution in [0.1, 0.15) is 59.7 Å². The molecule has 33 heavy (non-hydrogen) atoms. The minimum atomic E-state index is -1.27. The number of hydrogen-bond acceptors (Lipinski definition) is 5. The Hall–Kier alpha value is -3.36. The summed E-state index contributed by atoms with van der Waals surface area (Å²) in [6, 6.07) is 8.09. The van der Waals surface area contributed by atoms with Gasteiger partial charge in [0.2, 0.25) is 5.91 Å². The molecule has 1 fully saturated rings.